The Balaban J connectivity index is 1.37. The number of rotatable bonds is 3. The highest BCUT2D eigenvalue weighted by atomic mass is 32.1. The lowest BCUT2D eigenvalue weighted by molar-refractivity contribution is 0.332. The van der Waals surface area contributed by atoms with Crippen LogP contribution in [0.5, 0.6) is 0 Å². The number of thiophene rings is 1. The molecule has 0 spiro atoms. The van der Waals surface area contributed by atoms with Gasteiger partial charge in [0.25, 0.3) is 6.71 Å². The fraction of sp³-hybridized carbons (Fsp3) is 0.367. The number of aryl methyl sites for hydroxylation is 2. The molecule has 0 N–H and O–H groups in total. The van der Waals surface area contributed by atoms with Crippen molar-refractivity contribution in [2.45, 2.75) is 144 Å². The van der Waals surface area contributed by atoms with Crippen molar-refractivity contribution >= 4 is 78.0 Å². The number of hydrogen-bond acceptors (Lipinski definition) is 3. The standard InChI is InChI=1S/C60H67BN2S/c1-36-17-16-18-37(2)52(36)38-31-49-53-50(32-38)63(43-25-27-45-46(35-43)60(14,15)30-29-59(45,12)13)54-44-26-21-41(58(9,10)11)34-51(44)64-55(54)61(53)47-33-40(57(6,7)8)22-28-48(47)62(49)42-23-19-39(20-24-42)56(3,4)5/h16-28,31-35H,29-30H2,1-15H3. The first-order valence-electron chi connectivity index (χ1n) is 23.8. The van der Waals surface area contributed by atoms with Gasteiger partial charge in [0.05, 0.1) is 5.69 Å². The van der Waals surface area contributed by atoms with E-state index >= 15 is 0 Å². The lowest BCUT2D eigenvalue weighted by Gasteiger charge is -2.45. The molecule has 2 nitrogen and oxygen atoms in total. The molecule has 4 heteroatoms. The third-order valence-electron chi connectivity index (χ3n) is 15.3. The maximum Gasteiger partial charge on any atom is 0.264 e. The molecule has 0 amide bonds. The van der Waals surface area contributed by atoms with Crippen LogP contribution in [-0.4, -0.2) is 6.71 Å². The van der Waals surface area contributed by atoms with Gasteiger partial charge in [0, 0.05) is 43.3 Å². The van der Waals surface area contributed by atoms with Crippen LogP contribution in [0.2, 0.25) is 0 Å². The Hall–Kier alpha value is -5.06. The molecular weight excluding hydrogens is 792 g/mol. The Kier molecular flexibility index (Phi) is 9.53. The Bertz CT molecular complexity index is 3010. The third-order valence-corrected chi connectivity index (χ3v) is 16.5. The minimum absolute atomic E-state index is 0.0153. The van der Waals surface area contributed by atoms with Gasteiger partial charge in [-0.3, -0.25) is 0 Å². The van der Waals surface area contributed by atoms with Gasteiger partial charge >= 0.3 is 0 Å². The zero-order valence-electron chi connectivity index (χ0n) is 41.2. The molecule has 0 saturated carbocycles. The summed E-state index contributed by atoms with van der Waals surface area (Å²) in [6.07, 6.45) is 2.37. The highest BCUT2D eigenvalue weighted by Gasteiger charge is 2.47. The zero-order valence-corrected chi connectivity index (χ0v) is 42.0. The lowest BCUT2D eigenvalue weighted by atomic mass is 9.36. The first-order chi connectivity index (χ1) is 29.9. The largest absolute Gasteiger partial charge is 0.311 e. The van der Waals surface area contributed by atoms with E-state index in [9.17, 15) is 0 Å². The van der Waals surface area contributed by atoms with Crippen LogP contribution in [0.3, 0.4) is 0 Å². The van der Waals surface area contributed by atoms with Gasteiger partial charge in [-0.15, -0.1) is 11.3 Å². The van der Waals surface area contributed by atoms with Crippen LogP contribution in [0.25, 0.3) is 21.2 Å². The number of hydrogen-bond donors (Lipinski definition) is 0. The molecule has 7 aromatic rings. The van der Waals surface area contributed by atoms with Crippen LogP contribution >= 0.6 is 11.3 Å². The van der Waals surface area contributed by atoms with Gasteiger partial charge in [-0.1, -0.05) is 151 Å². The summed E-state index contributed by atoms with van der Waals surface area (Å²) in [6.45, 7) is 35.5. The summed E-state index contributed by atoms with van der Waals surface area (Å²) in [6, 6.07) is 43.6. The molecule has 3 aliphatic rings. The molecule has 0 radical (unpaired) electrons. The van der Waals surface area contributed by atoms with Crippen LogP contribution in [0.1, 0.15) is 142 Å². The molecule has 6 aromatic carbocycles. The van der Waals surface area contributed by atoms with Crippen molar-refractivity contribution in [2.24, 2.45) is 0 Å². The molecule has 10 rings (SSSR count). The average molecular weight is 859 g/mol. The molecular formula is C60H67BN2S. The summed E-state index contributed by atoms with van der Waals surface area (Å²) >= 11 is 2.02. The van der Waals surface area contributed by atoms with E-state index in [2.05, 4.69) is 223 Å². The second-order valence-electron chi connectivity index (χ2n) is 23.9. The van der Waals surface area contributed by atoms with E-state index in [4.69, 9.17) is 0 Å². The molecule has 0 bridgehead atoms. The Morgan fingerprint density at radius 3 is 1.70 bits per heavy atom. The molecule has 64 heavy (non-hydrogen) atoms. The summed E-state index contributed by atoms with van der Waals surface area (Å²) in [5.41, 5.74) is 22.9. The summed E-state index contributed by atoms with van der Waals surface area (Å²) in [5.74, 6) is 0. The molecule has 0 atom stereocenters. The normalized spacial score (nSPS) is 16.4. The predicted molar refractivity (Wildman–Crippen MR) is 282 cm³/mol. The highest BCUT2D eigenvalue weighted by molar-refractivity contribution is 7.33. The smallest absolute Gasteiger partial charge is 0.264 e. The molecule has 0 saturated heterocycles. The second kappa shape index (κ2) is 14.2. The topological polar surface area (TPSA) is 6.48 Å². The van der Waals surface area contributed by atoms with Crippen molar-refractivity contribution in [3.8, 4) is 11.1 Å². The van der Waals surface area contributed by atoms with E-state index in [0.717, 1.165) is 0 Å². The highest BCUT2D eigenvalue weighted by Crippen LogP contribution is 2.53. The van der Waals surface area contributed by atoms with Crippen molar-refractivity contribution in [3.05, 3.63) is 148 Å². The number of benzene rings is 6. The van der Waals surface area contributed by atoms with Crippen molar-refractivity contribution in [3.63, 3.8) is 0 Å². The van der Waals surface area contributed by atoms with E-state index in [0.29, 0.717) is 0 Å². The first-order valence-corrected chi connectivity index (χ1v) is 24.6. The van der Waals surface area contributed by atoms with Crippen LogP contribution in [-0.2, 0) is 27.1 Å². The Morgan fingerprint density at radius 1 is 0.531 bits per heavy atom. The summed E-state index contributed by atoms with van der Waals surface area (Å²) < 4.78 is 2.79. The molecule has 0 fully saturated rings. The quantitative estimate of drug-likeness (QED) is 0.163. The number of fused-ring (bicyclic) bond motifs is 7. The molecule has 0 unspecified atom stereocenters. The predicted octanol–water partition coefficient (Wildman–Crippen LogP) is 15.5. The van der Waals surface area contributed by atoms with E-state index in [1.54, 1.807) is 0 Å². The van der Waals surface area contributed by atoms with Gasteiger partial charge in [-0.2, -0.15) is 0 Å². The van der Waals surface area contributed by atoms with Gasteiger partial charge in [-0.05, 0) is 163 Å². The van der Waals surface area contributed by atoms with Crippen LogP contribution in [0, 0.1) is 13.8 Å². The van der Waals surface area contributed by atoms with Gasteiger partial charge in [0.1, 0.15) is 0 Å². The summed E-state index contributed by atoms with van der Waals surface area (Å²) in [4.78, 5) is 5.31. The molecule has 2 aliphatic heterocycles. The SMILES string of the molecule is Cc1cccc(C)c1-c1cc2c3c(c1)N(c1ccc4c(c1)C(C)(C)CCC4(C)C)c1c(sc4cc(C(C)(C)C)ccc14)B3c1cc(C(C)(C)C)ccc1N2c1ccc(C(C)(C)C)cc1. The minimum atomic E-state index is -0.0153. The lowest BCUT2D eigenvalue weighted by Crippen LogP contribution is -2.60. The van der Waals surface area contributed by atoms with Gasteiger partial charge in [-0.25, -0.2) is 0 Å². The van der Waals surface area contributed by atoms with Gasteiger partial charge in [0.2, 0.25) is 0 Å². The first kappa shape index (κ1) is 42.9. The second-order valence-corrected chi connectivity index (χ2v) is 25.0. The maximum atomic E-state index is 2.70. The molecule has 3 heterocycles. The van der Waals surface area contributed by atoms with E-state index in [1.165, 1.54) is 123 Å². The van der Waals surface area contributed by atoms with Gasteiger partial charge in [0.15, 0.2) is 0 Å². The van der Waals surface area contributed by atoms with Crippen molar-refractivity contribution in [2.75, 3.05) is 9.80 Å². The fourth-order valence-electron chi connectivity index (χ4n) is 11.2. The van der Waals surface area contributed by atoms with E-state index < -0.39 is 0 Å². The zero-order chi connectivity index (χ0) is 45.6. The van der Waals surface area contributed by atoms with Crippen LogP contribution in [0.15, 0.2) is 109 Å². The van der Waals surface area contributed by atoms with E-state index in [1.807, 2.05) is 11.3 Å². The van der Waals surface area contributed by atoms with Crippen LogP contribution < -0.4 is 25.5 Å². The summed E-state index contributed by atoms with van der Waals surface area (Å²) in [5, 5.41) is 1.34. The fourth-order valence-corrected chi connectivity index (χ4v) is 12.6. The summed E-state index contributed by atoms with van der Waals surface area (Å²) in [7, 11) is 0. The monoisotopic (exact) mass is 859 g/mol. The number of nitrogens with zero attached hydrogens (tertiary/aromatic N) is 2. The maximum absolute atomic E-state index is 2.70. The van der Waals surface area contributed by atoms with Crippen molar-refractivity contribution in [1.82, 2.24) is 0 Å². The molecule has 1 aliphatic carbocycles. The average Bonchev–Trinajstić information content (AvgIpc) is 3.60. The number of anilines is 6. The van der Waals surface area contributed by atoms with Crippen LogP contribution in [0.4, 0.5) is 34.1 Å². The third kappa shape index (κ3) is 6.71. The Morgan fingerprint density at radius 2 is 1.08 bits per heavy atom. The molecule has 1 aromatic heterocycles. The van der Waals surface area contributed by atoms with E-state index in [-0.39, 0.29) is 33.8 Å². The van der Waals surface area contributed by atoms with Crippen molar-refractivity contribution < 1.29 is 0 Å². The van der Waals surface area contributed by atoms with Gasteiger partial charge < -0.3 is 9.80 Å². The Labute approximate surface area is 388 Å². The molecule has 326 valence electrons. The minimum Gasteiger partial charge on any atom is -0.311 e. The van der Waals surface area contributed by atoms with Crippen molar-refractivity contribution in [1.29, 1.82) is 0 Å².